The number of hydrogen-bond donors (Lipinski definition) is 0. The van der Waals surface area contributed by atoms with E-state index < -0.39 is 10.0 Å². The Labute approximate surface area is 170 Å². The van der Waals surface area contributed by atoms with Crippen molar-refractivity contribution in [3.05, 3.63) is 28.8 Å². The molecular weight excluding hydrogens is 406 g/mol. The smallest absolute Gasteiger partial charge is 0.409 e. The summed E-state index contributed by atoms with van der Waals surface area (Å²) in [4.78, 5) is 27.8. The van der Waals surface area contributed by atoms with Crippen LogP contribution in [0.2, 0.25) is 5.02 Å². The minimum absolute atomic E-state index is 0.121. The number of amides is 2. The molecule has 0 bridgehead atoms. The molecule has 0 atom stereocenters. The first kappa shape index (κ1) is 20.7. The zero-order chi connectivity index (χ0) is 20.3. The van der Waals surface area contributed by atoms with Crippen molar-refractivity contribution in [2.24, 2.45) is 0 Å². The van der Waals surface area contributed by atoms with E-state index in [1.807, 2.05) is 0 Å². The predicted molar refractivity (Wildman–Crippen MR) is 106 cm³/mol. The molecule has 0 aromatic heterocycles. The van der Waals surface area contributed by atoms with Gasteiger partial charge in [0.1, 0.15) is 0 Å². The van der Waals surface area contributed by atoms with Crippen LogP contribution >= 0.6 is 11.6 Å². The fourth-order valence-electron chi connectivity index (χ4n) is 3.39. The molecule has 154 valence electrons. The van der Waals surface area contributed by atoms with Gasteiger partial charge < -0.3 is 14.5 Å². The molecule has 0 aliphatic carbocycles. The molecule has 2 aliphatic rings. The van der Waals surface area contributed by atoms with Gasteiger partial charge in [0.2, 0.25) is 10.0 Å². The van der Waals surface area contributed by atoms with Crippen molar-refractivity contribution in [3.8, 4) is 0 Å². The largest absolute Gasteiger partial charge is 0.450 e. The van der Waals surface area contributed by atoms with E-state index in [-0.39, 0.29) is 22.8 Å². The van der Waals surface area contributed by atoms with Gasteiger partial charge in [-0.05, 0) is 38.0 Å². The van der Waals surface area contributed by atoms with Crippen LogP contribution in [0.4, 0.5) is 10.5 Å². The van der Waals surface area contributed by atoms with E-state index in [2.05, 4.69) is 0 Å². The van der Waals surface area contributed by atoms with Crippen LogP contribution in [-0.4, -0.2) is 75.3 Å². The zero-order valence-corrected chi connectivity index (χ0v) is 17.3. The minimum atomic E-state index is -3.34. The summed E-state index contributed by atoms with van der Waals surface area (Å²) < 4.78 is 30.8. The first-order chi connectivity index (χ1) is 13.3. The molecule has 28 heavy (non-hydrogen) atoms. The van der Waals surface area contributed by atoms with E-state index in [4.69, 9.17) is 16.3 Å². The Kier molecular flexibility index (Phi) is 6.34. The Morgan fingerprint density at radius 2 is 1.75 bits per heavy atom. The third-order valence-corrected chi connectivity index (χ3v) is 7.10. The molecule has 10 heteroatoms. The Balaban J connectivity index is 1.69. The zero-order valence-electron chi connectivity index (χ0n) is 15.8. The lowest BCUT2D eigenvalue weighted by atomic mass is 10.1. The Morgan fingerprint density at radius 1 is 1.07 bits per heavy atom. The maximum absolute atomic E-state index is 12.8. The van der Waals surface area contributed by atoms with Gasteiger partial charge in [-0.2, -0.15) is 0 Å². The Hall–Kier alpha value is -2.00. The molecule has 1 aromatic rings. The number of anilines is 1. The Morgan fingerprint density at radius 3 is 2.36 bits per heavy atom. The maximum atomic E-state index is 12.8. The van der Waals surface area contributed by atoms with Gasteiger partial charge in [0.25, 0.3) is 5.91 Å². The average molecular weight is 430 g/mol. The summed E-state index contributed by atoms with van der Waals surface area (Å²) in [6, 6.07) is 4.73. The third-order valence-electron chi connectivity index (χ3n) is 4.91. The molecule has 3 rings (SSSR count). The summed E-state index contributed by atoms with van der Waals surface area (Å²) >= 11 is 6.32. The number of ether oxygens (including phenoxy) is 1. The van der Waals surface area contributed by atoms with Gasteiger partial charge >= 0.3 is 6.09 Å². The molecule has 0 saturated carbocycles. The van der Waals surface area contributed by atoms with E-state index in [1.54, 1.807) is 28.9 Å². The van der Waals surface area contributed by atoms with Crippen molar-refractivity contribution in [2.45, 2.75) is 19.8 Å². The second-order valence-electron chi connectivity index (χ2n) is 6.74. The lowest BCUT2D eigenvalue weighted by Gasteiger charge is -2.34. The average Bonchev–Trinajstić information content (AvgIpc) is 2.67. The number of benzene rings is 1. The molecule has 0 spiro atoms. The first-order valence-corrected chi connectivity index (χ1v) is 11.3. The van der Waals surface area contributed by atoms with Crippen LogP contribution in [0.1, 0.15) is 30.1 Å². The van der Waals surface area contributed by atoms with Gasteiger partial charge in [0.15, 0.2) is 0 Å². The van der Waals surface area contributed by atoms with Crippen molar-refractivity contribution in [3.63, 3.8) is 0 Å². The minimum Gasteiger partial charge on any atom is -0.450 e. The van der Waals surface area contributed by atoms with Gasteiger partial charge in [0, 0.05) is 32.7 Å². The molecular formula is C18H24ClN3O5S. The lowest BCUT2D eigenvalue weighted by molar-refractivity contribution is 0.0570. The molecule has 0 unspecified atom stereocenters. The number of sulfonamides is 1. The summed E-state index contributed by atoms with van der Waals surface area (Å²) in [5.41, 5.74) is 0.804. The van der Waals surface area contributed by atoms with Crippen LogP contribution < -0.4 is 4.31 Å². The molecule has 2 saturated heterocycles. The van der Waals surface area contributed by atoms with Crippen molar-refractivity contribution < 1.29 is 22.7 Å². The monoisotopic (exact) mass is 429 g/mol. The van der Waals surface area contributed by atoms with Gasteiger partial charge in [-0.25, -0.2) is 13.2 Å². The van der Waals surface area contributed by atoms with Gasteiger partial charge in [-0.1, -0.05) is 11.6 Å². The number of carbonyl (C=O) groups excluding carboxylic acids is 2. The van der Waals surface area contributed by atoms with Crippen LogP contribution in [0.25, 0.3) is 0 Å². The van der Waals surface area contributed by atoms with Crippen molar-refractivity contribution in [1.29, 1.82) is 0 Å². The normalized spacial score (nSPS) is 19.4. The molecule has 2 heterocycles. The van der Waals surface area contributed by atoms with Gasteiger partial charge in [-0.15, -0.1) is 0 Å². The highest BCUT2D eigenvalue weighted by Crippen LogP contribution is 2.29. The van der Waals surface area contributed by atoms with E-state index in [0.717, 1.165) is 6.42 Å². The molecule has 1 aromatic carbocycles. The third kappa shape index (κ3) is 4.35. The van der Waals surface area contributed by atoms with Crippen molar-refractivity contribution in [2.75, 3.05) is 49.4 Å². The second-order valence-corrected chi connectivity index (χ2v) is 9.16. The second kappa shape index (κ2) is 8.57. The number of halogens is 1. The quantitative estimate of drug-likeness (QED) is 0.734. The van der Waals surface area contributed by atoms with Crippen molar-refractivity contribution >= 4 is 39.3 Å². The highest BCUT2D eigenvalue weighted by atomic mass is 35.5. The highest BCUT2D eigenvalue weighted by Gasteiger charge is 2.29. The fourth-order valence-corrected chi connectivity index (χ4v) is 5.28. The van der Waals surface area contributed by atoms with Crippen molar-refractivity contribution in [1.82, 2.24) is 9.80 Å². The van der Waals surface area contributed by atoms with Crippen LogP contribution in [0, 0.1) is 0 Å². The number of carbonyl (C=O) groups is 2. The van der Waals surface area contributed by atoms with Gasteiger partial charge in [-0.3, -0.25) is 9.10 Å². The number of nitrogens with zero attached hydrogens (tertiary/aromatic N) is 3. The van der Waals surface area contributed by atoms with Crippen LogP contribution in [-0.2, 0) is 14.8 Å². The summed E-state index contributed by atoms with van der Waals surface area (Å²) in [5.74, 6) is -0.114. The molecule has 2 amide bonds. The standard InChI is InChI=1S/C18H24ClN3O5S/c1-2-27-18(24)21-10-8-20(9-11-21)17(23)15-6-5-14(13-16(15)19)22-7-3-4-12-28(22,25)26/h5-6,13H,2-4,7-12H2,1H3. The fraction of sp³-hybridized carbons (Fsp3) is 0.556. The number of hydrogen-bond acceptors (Lipinski definition) is 5. The Bertz CT molecular complexity index is 853. The lowest BCUT2D eigenvalue weighted by Crippen LogP contribution is -2.50. The first-order valence-electron chi connectivity index (χ1n) is 9.34. The SMILES string of the molecule is CCOC(=O)N1CCN(C(=O)c2ccc(N3CCCCS3(=O)=O)cc2Cl)CC1. The summed E-state index contributed by atoms with van der Waals surface area (Å²) in [7, 11) is -3.34. The van der Waals surface area contributed by atoms with E-state index >= 15 is 0 Å². The van der Waals surface area contributed by atoms with E-state index in [1.165, 1.54) is 10.4 Å². The molecule has 2 fully saturated rings. The molecule has 8 nitrogen and oxygen atoms in total. The summed E-state index contributed by atoms with van der Waals surface area (Å²) in [6.45, 7) is 4.04. The molecule has 2 aliphatic heterocycles. The van der Waals surface area contributed by atoms with E-state index in [0.29, 0.717) is 57.0 Å². The molecule has 0 radical (unpaired) electrons. The number of rotatable bonds is 3. The van der Waals surface area contributed by atoms with E-state index in [9.17, 15) is 18.0 Å². The van der Waals surface area contributed by atoms with Crippen LogP contribution in [0.15, 0.2) is 18.2 Å². The summed E-state index contributed by atoms with van der Waals surface area (Å²) in [6.07, 6.45) is 1.07. The summed E-state index contributed by atoms with van der Waals surface area (Å²) in [5, 5.41) is 0.219. The van der Waals surface area contributed by atoms with Gasteiger partial charge in [0.05, 0.1) is 28.6 Å². The number of piperazine rings is 1. The topological polar surface area (TPSA) is 87.2 Å². The van der Waals surface area contributed by atoms with Crippen LogP contribution in [0.3, 0.4) is 0 Å². The predicted octanol–water partition coefficient (Wildman–Crippen LogP) is 2.18. The molecule has 0 N–H and O–H groups in total. The highest BCUT2D eigenvalue weighted by molar-refractivity contribution is 7.92. The maximum Gasteiger partial charge on any atom is 0.409 e. The van der Waals surface area contributed by atoms with Crippen LogP contribution in [0.5, 0.6) is 0 Å².